The zero-order chi connectivity index (χ0) is 14.5. The van der Waals surface area contributed by atoms with Gasteiger partial charge in [-0.1, -0.05) is 27.2 Å². The van der Waals surface area contributed by atoms with Crippen LogP contribution < -0.4 is 4.74 Å². The molecule has 0 amide bonds. The van der Waals surface area contributed by atoms with E-state index in [0.717, 1.165) is 4.47 Å². The second-order valence-corrected chi connectivity index (χ2v) is 5.06. The third-order valence-corrected chi connectivity index (χ3v) is 3.11. The normalized spacial score (nSPS) is 10.3. The smallest absolute Gasteiger partial charge is 0.343 e. The lowest BCUT2D eigenvalue weighted by atomic mass is 10.2. The summed E-state index contributed by atoms with van der Waals surface area (Å²) in [5, 5.41) is 3.71. The second kappa shape index (κ2) is 6.56. The molecule has 0 saturated heterocycles. The molecule has 20 heavy (non-hydrogen) atoms. The summed E-state index contributed by atoms with van der Waals surface area (Å²) in [5.74, 6) is 0.729. The molecule has 2 rings (SSSR count). The second-order valence-electron chi connectivity index (χ2n) is 4.14. The Morgan fingerprint density at radius 2 is 2.15 bits per heavy atom. The molecule has 0 radical (unpaired) electrons. The maximum atomic E-state index is 11.8. The first-order valence-corrected chi connectivity index (χ1v) is 6.85. The summed E-state index contributed by atoms with van der Waals surface area (Å²) < 4.78 is 16.4. The van der Waals surface area contributed by atoms with Crippen molar-refractivity contribution < 1.29 is 18.8 Å². The lowest BCUT2D eigenvalue weighted by Gasteiger charge is -2.07. The number of carbonyl (C=O) groups excluding carboxylic acids is 1. The average molecular weight is 340 g/mol. The molecule has 0 N–H and O–H groups in total. The number of nitrogens with zero attached hydrogens (tertiary/aromatic N) is 1. The third kappa shape index (κ3) is 3.60. The minimum atomic E-state index is -0.445. The highest BCUT2D eigenvalue weighted by Crippen LogP contribution is 2.17. The topological polar surface area (TPSA) is 61.6 Å². The van der Waals surface area contributed by atoms with Crippen LogP contribution in [0.4, 0.5) is 0 Å². The summed E-state index contributed by atoms with van der Waals surface area (Å²) in [6, 6.07) is 7.45. The summed E-state index contributed by atoms with van der Waals surface area (Å²) in [5.41, 5.74) is 0.910. The van der Waals surface area contributed by atoms with E-state index in [4.69, 9.17) is 14.0 Å². The minimum Gasteiger partial charge on any atom is -0.490 e. The molecule has 0 atom stereocenters. The fourth-order valence-electron chi connectivity index (χ4n) is 1.70. The maximum absolute atomic E-state index is 11.8. The highest BCUT2D eigenvalue weighted by molar-refractivity contribution is 9.10. The fraction of sp³-hybridized carbons (Fsp3) is 0.286. The largest absolute Gasteiger partial charge is 0.490 e. The van der Waals surface area contributed by atoms with Gasteiger partial charge in [-0.2, -0.15) is 0 Å². The van der Waals surface area contributed by atoms with Crippen LogP contribution in [0.15, 0.2) is 33.3 Å². The molecule has 0 fully saturated rings. The van der Waals surface area contributed by atoms with Crippen LogP contribution in [0, 0.1) is 13.8 Å². The van der Waals surface area contributed by atoms with Gasteiger partial charge in [0.05, 0.1) is 5.69 Å². The molecule has 0 aliphatic rings. The van der Waals surface area contributed by atoms with Crippen LogP contribution in [0.1, 0.15) is 21.8 Å². The number of aromatic nitrogens is 1. The summed E-state index contributed by atoms with van der Waals surface area (Å²) in [7, 11) is 0. The van der Waals surface area contributed by atoms with Crippen molar-refractivity contribution in [3.8, 4) is 5.75 Å². The van der Waals surface area contributed by atoms with Crippen LogP contribution in [0.5, 0.6) is 5.75 Å². The Kier molecular flexibility index (Phi) is 4.79. The van der Waals surface area contributed by atoms with Crippen LogP contribution in [0.3, 0.4) is 0 Å². The number of ether oxygens (including phenoxy) is 2. The van der Waals surface area contributed by atoms with Gasteiger partial charge in [0.2, 0.25) is 0 Å². The van der Waals surface area contributed by atoms with Crippen molar-refractivity contribution in [2.45, 2.75) is 13.8 Å². The molecule has 6 heteroatoms. The Morgan fingerprint density at radius 3 is 2.80 bits per heavy atom. The SMILES string of the molecule is Cc1noc(C)c1C(=O)OCCOc1cccc(Br)c1. The lowest BCUT2D eigenvalue weighted by Crippen LogP contribution is -2.13. The van der Waals surface area contributed by atoms with Crippen molar-refractivity contribution in [2.24, 2.45) is 0 Å². The van der Waals surface area contributed by atoms with Crippen molar-refractivity contribution >= 4 is 21.9 Å². The summed E-state index contributed by atoms with van der Waals surface area (Å²) in [6.07, 6.45) is 0. The Bertz CT molecular complexity index is 589. The van der Waals surface area contributed by atoms with Crippen molar-refractivity contribution in [3.05, 3.63) is 45.8 Å². The standard InChI is InChI=1S/C14H14BrNO4/c1-9-13(10(2)20-16-9)14(17)19-7-6-18-12-5-3-4-11(15)8-12/h3-5,8H,6-7H2,1-2H3. The van der Waals surface area contributed by atoms with E-state index in [2.05, 4.69) is 21.1 Å². The van der Waals surface area contributed by atoms with Gasteiger partial charge >= 0.3 is 5.97 Å². The van der Waals surface area contributed by atoms with Crippen LogP contribution in [-0.4, -0.2) is 24.3 Å². The van der Waals surface area contributed by atoms with E-state index in [9.17, 15) is 4.79 Å². The van der Waals surface area contributed by atoms with Gasteiger partial charge in [-0.25, -0.2) is 4.79 Å². The molecule has 1 aromatic heterocycles. The molecule has 0 saturated carbocycles. The summed E-state index contributed by atoms with van der Waals surface area (Å²) in [4.78, 5) is 11.8. The Labute approximate surface area is 125 Å². The zero-order valence-electron chi connectivity index (χ0n) is 11.2. The minimum absolute atomic E-state index is 0.162. The van der Waals surface area contributed by atoms with Crippen LogP contribution in [0.2, 0.25) is 0 Å². The molecule has 0 spiro atoms. The number of hydrogen-bond donors (Lipinski definition) is 0. The Balaban J connectivity index is 1.80. The first kappa shape index (κ1) is 14.6. The van der Waals surface area contributed by atoms with Gasteiger partial charge in [0, 0.05) is 4.47 Å². The quantitative estimate of drug-likeness (QED) is 0.617. The number of halogens is 1. The van der Waals surface area contributed by atoms with Gasteiger partial charge in [0.25, 0.3) is 0 Å². The molecule has 0 aliphatic carbocycles. The number of hydrogen-bond acceptors (Lipinski definition) is 5. The third-order valence-electron chi connectivity index (χ3n) is 2.62. The van der Waals surface area contributed by atoms with Gasteiger partial charge in [0.15, 0.2) is 0 Å². The van der Waals surface area contributed by atoms with Gasteiger partial charge in [-0.3, -0.25) is 0 Å². The maximum Gasteiger partial charge on any atom is 0.343 e. The number of esters is 1. The fourth-order valence-corrected chi connectivity index (χ4v) is 2.08. The van der Waals surface area contributed by atoms with E-state index in [0.29, 0.717) is 22.8 Å². The van der Waals surface area contributed by atoms with E-state index in [1.54, 1.807) is 13.8 Å². The number of benzene rings is 1. The van der Waals surface area contributed by atoms with Crippen molar-refractivity contribution in [2.75, 3.05) is 13.2 Å². The van der Waals surface area contributed by atoms with Crippen molar-refractivity contribution in [3.63, 3.8) is 0 Å². The molecular formula is C14H14BrNO4. The molecule has 1 heterocycles. The van der Waals surface area contributed by atoms with Gasteiger partial charge in [-0.15, -0.1) is 0 Å². The van der Waals surface area contributed by atoms with Crippen LogP contribution >= 0.6 is 15.9 Å². The molecule has 0 aliphatic heterocycles. The first-order chi connectivity index (χ1) is 9.58. The van der Waals surface area contributed by atoms with E-state index in [-0.39, 0.29) is 13.2 Å². The highest BCUT2D eigenvalue weighted by Gasteiger charge is 2.18. The molecule has 2 aromatic rings. The van der Waals surface area contributed by atoms with Crippen LogP contribution in [0.25, 0.3) is 0 Å². The average Bonchev–Trinajstić information content (AvgIpc) is 2.74. The Morgan fingerprint density at radius 1 is 1.35 bits per heavy atom. The predicted octanol–water partition coefficient (Wildman–Crippen LogP) is 3.29. The predicted molar refractivity (Wildman–Crippen MR) is 75.9 cm³/mol. The molecule has 106 valence electrons. The highest BCUT2D eigenvalue weighted by atomic mass is 79.9. The van der Waals surface area contributed by atoms with Gasteiger partial charge in [0.1, 0.15) is 30.3 Å². The van der Waals surface area contributed by atoms with Gasteiger partial charge < -0.3 is 14.0 Å². The van der Waals surface area contributed by atoms with Gasteiger partial charge in [-0.05, 0) is 32.0 Å². The van der Waals surface area contributed by atoms with Crippen molar-refractivity contribution in [1.82, 2.24) is 5.16 Å². The summed E-state index contributed by atoms with van der Waals surface area (Å²) >= 11 is 3.35. The van der Waals surface area contributed by atoms with E-state index >= 15 is 0 Å². The number of carbonyl (C=O) groups is 1. The number of aryl methyl sites for hydroxylation is 2. The lowest BCUT2D eigenvalue weighted by molar-refractivity contribution is 0.0447. The van der Waals surface area contributed by atoms with E-state index < -0.39 is 5.97 Å². The summed E-state index contributed by atoms with van der Waals surface area (Å²) in [6.45, 7) is 3.82. The molecular weight excluding hydrogens is 326 g/mol. The van der Waals surface area contributed by atoms with Crippen molar-refractivity contribution in [1.29, 1.82) is 0 Å². The van der Waals surface area contributed by atoms with E-state index in [1.165, 1.54) is 0 Å². The Hall–Kier alpha value is -1.82. The number of rotatable bonds is 5. The molecule has 0 bridgehead atoms. The monoisotopic (exact) mass is 339 g/mol. The van der Waals surface area contributed by atoms with E-state index in [1.807, 2.05) is 24.3 Å². The molecule has 1 aromatic carbocycles. The van der Waals surface area contributed by atoms with Crippen LogP contribution in [-0.2, 0) is 4.74 Å². The zero-order valence-corrected chi connectivity index (χ0v) is 12.8. The molecule has 0 unspecified atom stereocenters. The first-order valence-electron chi connectivity index (χ1n) is 6.06. The molecule has 5 nitrogen and oxygen atoms in total.